The molecule has 0 fully saturated rings. The average Bonchev–Trinajstić information content (AvgIpc) is 3.03. The molecule has 25 heavy (non-hydrogen) atoms. The fourth-order valence-electron chi connectivity index (χ4n) is 2.59. The van der Waals surface area contributed by atoms with Gasteiger partial charge in [-0.05, 0) is 36.4 Å². The molecule has 2 aromatic carbocycles. The molecule has 0 saturated carbocycles. The van der Waals surface area contributed by atoms with Gasteiger partial charge in [0.1, 0.15) is 18.1 Å². The smallest absolute Gasteiger partial charge is 0.303 e. The fourth-order valence-corrected chi connectivity index (χ4v) is 2.59. The summed E-state index contributed by atoms with van der Waals surface area (Å²) in [7, 11) is 1.61. The van der Waals surface area contributed by atoms with E-state index in [0.29, 0.717) is 12.3 Å². The maximum absolute atomic E-state index is 11.4. The summed E-state index contributed by atoms with van der Waals surface area (Å²) in [6.45, 7) is 2.11. The SMILES string of the molecule is COc1ccc(OC[C@@H](Cn2cnc3ccccc32)OC(C)=O)cc1. The number of carbonyl (C=O) groups excluding carboxylic acids is 1. The molecule has 0 aliphatic carbocycles. The van der Waals surface area contributed by atoms with Crippen LogP contribution in [0.25, 0.3) is 11.0 Å². The van der Waals surface area contributed by atoms with Crippen LogP contribution in [0.5, 0.6) is 11.5 Å². The lowest BCUT2D eigenvalue weighted by molar-refractivity contribution is -0.148. The molecule has 0 unspecified atom stereocenters. The van der Waals surface area contributed by atoms with Crippen LogP contribution in [0.4, 0.5) is 0 Å². The van der Waals surface area contributed by atoms with E-state index in [1.807, 2.05) is 53.1 Å². The van der Waals surface area contributed by atoms with E-state index in [0.717, 1.165) is 16.8 Å². The van der Waals surface area contributed by atoms with Crippen molar-refractivity contribution in [3.8, 4) is 11.5 Å². The Hall–Kier alpha value is -3.02. The molecule has 0 N–H and O–H groups in total. The van der Waals surface area contributed by atoms with Gasteiger partial charge in [-0.2, -0.15) is 0 Å². The van der Waals surface area contributed by atoms with Gasteiger partial charge in [0.05, 0.1) is 31.0 Å². The predicted molar refractivity (Wildman–Crippen MR) is 93.8 cm³/mol. The van der Waals surface area contributed by atoms with Crippen molar-refractivity contribution in [2.24, 2.45) is 0 Å². The van der Waals surface area contributed by atoms with Crippen molar-refractivity contribution in [2.45, 2.75) is 19.6 Å². The van der Waals surface area contributed by atoms with Crippen LogP contribution in [0, 0.1) is 0 Å². The number of aromatic nitrogens is 2. The van der Waals surface area contributed by atoms with Gasteiger partial charge in [0, 0.05) is 6.92 Å². The molecule has 0 amide bonds. The van der Waals surface area contributed by atoms with Crippen LogP contribution >= 0.6 is 0 Å². The first kappa shape index (κ1) is 16.8. The molecule has 6 heteroatoms. The summed E-state index contributed by atoms with van der Waals surface area (Å²) in [6.07, 6.45) is 1.33. The summed E-state index contributed by atoms with van der Waals surface area (Å²) < 4.78 is 18.2. The van der Waals surface area contributed by atoms with Gasteiger partial charge in [0.15, 0.2) is 6.10 Å². The van der Waals surface area contributed by atoms with E-state index in [1.54, 1.807) is 13.4 Å². The highest BCUT2D eigenvalue weighted by Gasteiger charge is 2.16. The summed E-state index contributed by atoms with van der Waals surface area (Å²) in [5.74, 6) is 1.11. The Morgan fingerprint density at radius 2 is 1.84 bits per heavy atom. The number of benzene rings is 2. The number of imidazole rings is 1. The molecule has 130 valence electrons. The summed E-state index contributed by atoms with van der Waals surface area (Å²) in [6, 6.07) is 15.1. The molecule has 3 aromatic rings. The Balaban J connectivity index is 1.69. The number of para-hydroxylation sites is 2. The third-order valence-electron chi connectivity index (χ3n) is 3.76. The Morgan fingerprint density at radius 3 is 2.56 bits per heavy atom. The highest BCUT2D eigenvalue weighted by atomic mass is 16.6. The van der Waals surface area contributed by atoms with Crippen molar-refractivity contribution in [1.29, 1.82) is 0 Å². The molecule has 6 nitrogen and oxygen atoms in total. The van der Waals surface area contributed by atoms with E-state index < -0.39 is 6.10 Å². The first-order valence-electron chi connectivity index (χ1n) is 7.99. The molecule has 0 aliphatic rings. The van der Waals surface area contributed by atoms with Crippen LogP contribution < -0.4 is 9.47 Å². The minimum absolute atomic E-state index is 0.248. The number of fused-ring (bicyclic) bond motifs is 1. The molecule has 0 radical (unpaired) electrons. The number of hydrogen-bond donors (Lipinski definition) is 0. The van der Waals surface area contributed by atoms with Gasteiger partial charge >= 0.3 is 5.97 Å². The standard InChI is InChI=1S/C19H20N2O4/c1-14(22)25-17(12-24-16-9-7-15(23-2)8-10-16)11-21-13-20-18-5-3-4-6-19(18)21/h3-10,13,17H,11-12H2,1-2H3/t17-/m1/s1. The third-order valence-corrected chi connectivity index (χ3v) is 3.76. The number of carbonyl (C=O) groups is 1. The van der Waals surface area contributed by atoms with Gasteiger partial charge < -0.3 is 18.8 Å². The van der Waals surface area contributed by atoms with Gasteiger partial charge in [-0.3, -0.25) is 4.79 Å². The van der Waals surface area contributed by atoms with Crippen molar-refractivity contribution in [1.82, 2.24) is 9.55 Å². The van der Waals surface area contributed by atoms with E-state index in [1.165, 1.54) is 6.92 Å². The molecule has 1 heterocycles. The van der Waals surface area contributed by atoms with Gasteiger partial charge in [-0.25, -0.2) is 4.98 Å². The quantitative estimate of drug-likeness (QED) is 0.619. The molecular weight excluding hydrogens is 320 g/mol. The molecule has 1 aromatic heterocycles. The Labute approximate surface area is 146 Å². The van der Waals surface area contributed by atoms with Gasteiger partial charge in [0.2, 0.25) is 0 Å². The highest BCUT2D eigenvalue weighted by molar-refractivity contribution is 5.75. The van der Waals surface area contributed by atoms with E-state index in [4.69, 9.17) is 14.2 Å². The summed E-state index contributed by atoms with van der Waals surface area (Å²) in [4.78, 5) is 15.8. The highest BCUT2D eigenvalue weighted by Crippen LogP contribution is 2.18. The second-order valence-electron chi connectivity index (χ2n) is 5.60. The first-order valence-corrected chi connectivity index (χ1v) is 7.99. The molecule has 0 saturated heterocycles. The van der Waals surface area contributed by atoms with E-state index in [-0.39, 0.29) is 12.6 Å². The van der Waals surface area contributed by atoms with Crippen molar-refractivity contribution in [3.63, 3.8) is 0 Å². The number of hydrogen-bond acceptors (Lipinski definition) is 5. The minimum Gasteiger partial charge on any atom is -0.497 e. The van der Waals surface area contributed by atoms with Gasteiger partial charge in [-0.15, -0.1) is 0 Å². The minimum atomic E-state index is -0.419. The van der Waals surface area contributed by atoms with Crippen LogP contribution in [0.1, 0.15) is 6.92 Å². The van der Waals surface area contributed by atoms with E-state index >= 15 is 0 Å². The fraction of sp³-hybridized carbons (Fsp3) is 0.263. The average molecular weight is 340 g/mol. The zero-order valence-corrected chi connectivity index (χ0v) is 14.2. The normalized spacial score (nSPS) is 11.9. The number of rotatable bonds is 7. The Kier molecular flexibility index (Phi) is 5.18. The summed E-state index contributed by atoms with van der Waals surface area (Å²) in [5, 5.41) is 0. The monoisotopic (exact) mass is 340 g/mol. The first-order chi connectivity index (χ1) is 12.2. The zero-order valence-electron chi connectivity index (χ0n) is 14.2. The zero-order chi connectivity index (χ0) is 17.6. The maximum Gasteiger partial charge on any atom is 0.303 e. The molecular formula is C19H20N2O4. The van der Waals surface area contributed by atoms with E-state index in [2.05, 4.69) is 4.98 Å². The van der Waals surface area contributed by atoms with Crippen LogP contribution in [0.3, 0.4) is 0 Å². The molecule has 0 spiro atoms. The van der Waals surface area contributed by atoms with Crippen LogP contribution in [0.2, 0.25) is 0 Å². The van der Waals surface area contributed by atoms with Crippen LogP contribution in [-0.2, 0) is 16.1 Å². The lowest BCUT2D eigenvalue weighted by Crippen LogP contribution is -2.28. The van der Waals surface area contributed by atoms with Crippen molar-refractivity contribution < 1.29 is 19.0 Å². The molecule has 0 bridgehead atoms. The molecule has 0 aliphatic heterocycles. The summed E-state index contributed by atoms with van der Waals surface area (Å²) in [5.41, 5.74) is 1.89. The number of methoxy groups -OCH3 is 1. The lowest BCUT2D eigenvalue weighted by atomic mass is 10.3. The third kappa shape index (κ3) is 4.29. The van der Waals surface area contributed by atoms with Crippen LogP contribution in [0.15, 0.2) is 54.9 Å². The Morgan fingerprint density at radius 1 is 1.12 bits per heavy atom. The maximum atomic E-state index is 11.4. The van der Waals surface area contributed by atoms with E-state index in [9.17, 15) is 4.79 Å². The second-order valence-corrected chi connectivity index (χ2v) is 5.60. The van der Waals surface area contributed by atoms with Crippen molar-refractivity contribution >= 4 is 17.0 Å². The second kappa shape index (κ2) is 7.70. The van der Waals surface area contributed by atoms with Crippen molar-refractivity contribution in [2.75, 3.05) is 13.7 Å². The largest absolute Gasteiger partial charge is 0.497 e. The number of nitrogens with zero attached hydrogens (tertiary/aromatic N) is 2. The topological polar surface area (TPSA) is 62.6 Å². The molecule has 3 rings (SSSR count). The number of ether oxygens (including phenoxy) is 3. The Bertz CT molecular complexity index is 842. The molecule has 1 atom stereocenters. The summed E-state index contributed by atoms with van der Waals surface area (Å²) >= 11 is 0. The van der Waals surface area contributed by atoms with Crippen LogP contribution in [-0.4, -0.2) is 35.3 Å². The van der Waals surface area contributed by atoms with Gasteiger partial charge in [0.25, 0.3) is 0 Å². The predicted octanol–water partition coefficient (Wildman–Crippen LogP) is 3.06. The number of esters is 1. The van der Waals surface area contributed by atoms with Crippen molar-refractivity contribution in [3.05, 3.63) is 54.9 Å². The lowest BCUT2D eigenvalue weighted by Gasteiger charge is -2.19. The van der Waals surface area contributed by atoms with Gasteiger partial charge in [-0.1, -0.05) is 12.1 Å².